The van der Waals surface area contributed by atoms with Gasteiger partial charge in [-0.1, -0.05) is 30.3 Å². The van der Waals surface area contributed by atoms with E-state index in [1.54, 1.807) is 27.5 Å². The SMILES string of the molecule is CN=C(NCc1ccc(Oc2c(OC)cccc2OC)nc1)N1CCc2ccccc21.I. The Balaban J connectivity index is 0.00000289. The molecule has 2 heterocycles. The molecule has 1 aromatic heterocycles. The number of anilines is 1. The predicted octanol–water partition coefficient (Wildman–Crippen LogP) is 4.65. The molecule has 0 saturated carbocycles. The number of fused-ring (bicyclic) bond motifs is 1. The van der Waals surface area contributed by atoms with E-state index in [1.165, 1.54) is 11.3 Å². The van der Waals surface area contributed by atoms with Gasteiger partial charge in [0.05, 0.1) is 14.2 Å². The number of ether oxygens (including phenoxy) is 3. The van der Waals surface area contributed by atoms with Crippen molar-refractivity contribution in [1.29, 1.82) is 0 Å². The van der Waals surface area contributed by atoms with Crippen LogP contribution in [0.5, 0.6) is 23.1 Å². The lowest BCUT2D eigenvalue weighted by atomic mass is 10.2. The largest absolute Gasteiger partial charge is 0.493 e. The van der Waals surface area contributed by atoms with E-state index in [2.05, 4.69) is 44.5 Å². The number of aliphatic imine (C=N–C) groups is 1. The molecule has 0 bridgehead atoms. The Labute approximate surface area is 205 Å². The highest BCUT2D eigenvalue weighted by Crippen LogP contribution is 2.39. The summed E-state index contributed by atoms with van der Waals surface area (Å²) in [6.45, 7) is 1.53. The van der Waals surface area contributed by atoms with Gasteiger partial charge in [-0.3, -0.25) is 4.99 Å². The lowest BCUT2D eigenvalue weighted by Gasteiger charge is -2.22. The molecule has 0 fully saturated rings. The van der Waals surface area contributed by atoms with Crippen LogP contribution in [-0.4, -0.2) is 38.8 Å². The number of hydrogen-bond acceptors (Lipinski definition) is 5. The fourth-order valence-corrected chi connectivity index (χ4v) is 3.63. The Morgan fingerprint density at radius 2 is 1.78 bits per heavy atom. The highest BCUT2D eigenvalue weighted by Gasteiger charge is 2.22. The third kappa shape index (κ3) is 5.07. The number of pyridine rings is 1. The molecular weight excluding hydrogens is 519 g/mol. The van der Waals surface area contributed by atoms with E-state index in [0.29, 0.717) is 29.7 Å². The Kier molecular flexibility index (Phi) is 8.15. The normalized spacial score (nSPS) is 12.6. The summed E-state index contributed by atoms with van der Waals surface area (Å²) in [4.78, 5) is 11.1. The van der Waals surface area contributed by atoms with Gasteiger partial charge >= 0.3 is 0 Å². The molecule has 0 saturated heterocycles. The molecular formula is C24H27IN4O3. The number of rotatable bonds is 6. The zero-order chi connectivity index (χ0) is 21.6. The Hall–Kier alpha value is -3.01. The maximum Gasteiger partial charge on any atom is 0.219 e. The second kappa shape index (κ2) is 11.0. The molecule has 1 aliphatic heterocycles. The molecule has 2 aromatic carbocycles. The van der Waals surface area contributed by atoms with Crippen LogP contribution < -0.4 is 24.4 Å². The van der Waals surface area contributed by atoms with Crippen molar-refractivity contribution in [2.45, 2.75) is 13.0 Å². The molecule has 0 spiro atoms. The van der Waals surface area contributed by atoms with Crippen LogP contribution in [0.3, 0.4) is 0 Å². The standard InChI is InChI=1S/C24H26N4O3.HI/c1-25-24(28-14-13-18-7-4-5-8-19(18)28)27-16-17-11-12-22(26-15-17)31-23-20(29-2)9-6-10-21(23)30-3;/h4-12,15H,13-14,16H2,1-3H3,(H,25,27);1H. The van der Waals surface area contributed by atoms with Crippen molar-refractivity contribution >= 4 is 35.6 Å². The first-order chi connectivity index (χ1) is 15.2. The average molecular weight is 546 g/mol. The number of para-hydroxylation sites is 2. The van der Waals surface area contributed by atoms with E-state index in [0.717, 1.165) is 24.5 Å². The van der Waals surface area contributed by atoms with Gasteiger partial charge in [0, 0.05) is 38.1 Å². The van der Waals surface area contributed by atoms with Crippen LogP contribution in [0, 0.1) is 0 Å². The summed E-state index contributed by atoms with van der Waals surface area (Å²) in [6, 6.07) is 17.7. The van der Waals surface area contributed by atoms with Gasteiger partial charge in [0.15, 0.2) is 17.5 Å². The van der Waals surface area contributed by atoms with Crippen LogP contribution in [0.25, 0.3) is 0 Å². The summed E-state index contributed by atoms with van der Waals surface area (Å²) in [5.74, 6) is 2.98. The number of nitrogens with zero attached hydrogens (tertiary/aromatic N) is 3. The highest BCUT2D eigenvalue weighted by atomic mass is 127. The Morgan fingerprint density at radius 3 is 2.44 bits per heavy atom. The molecule has 1 aliphatic rings. The van der Waals surface area contributed by atoms with Crippen LogP contribution >= 0.6 is 24.0 Å². The van der Waals surface area contributed by atoms with Gasteiger partial charge in [0.2, 0.25) is 11.6 Å². The summed E-state index contributed by atoms with van der Waals surface area (Å²) in [5.41, 5.74) is 3.58. The van der Waals surface area contributed by atoms with E-state index in [1.807, 2.05) is 30.3 Å². The number of guanidine groups is 1. The molecule has 8 heteroatoms. The van der Waals surface area contributed by atoms with Crippen LogP contribution in [0.4, 0.5) is 5.69 Å². The van der Waals surface area contributed by atoms with E-state index in [4.69, 9.17) is 14.2 Å². The van der Waals surface area contributed by atoms with Crippen molar-refractivity contribution in [2.75, 3.05) is 32.7 Å². The zero-order valence-corrected chi connectivity index (χ0v) is 20.7. The van der Waals surface area contributed by atoms with Crippen LogP contribution in [0.15, 0.2) is 65.8 Å². The molecule has 4 rings (SSSR count). The van der Waals surface area contributed by atoms with Crippen LogP contribution in [0.2, 0.25) is 0 Å². The topological polar surface area (TPSA) is 68.2 Å². The first kappa shape index (κ1) is 23.6. The molecule has 7 nitrogen and oxygen atoms in total. The van der Waals surface area contributed by atoms with Gasteiger partial charge in [-0.15, -0.1) is 24.0 Å². The van der Waals surface area contributed by atoms with E-state index in [-0.39, 0.29) is 24.0 Å². The lowest BCUT2D eigenvalue weighted by Crippen LogP contribution is -2.40. The number of aromatic nitrogens is 1. The molecule has 3 aromatic rings. The predicted molar refractivity (Wildman–Crippen MR) is 137 cm³/mol. The summed E-state index contributed by atoms with van der Waals surface area (Å²) in [7, 11) is 4.99. The monoisotopic (exact) mass is 546 g/mol. The van der Waals surface area contributed by atoms with Gasteiger partial charge in [0.1, 0.15) is 0 Å². The molecule has 0 unspecified atom stereocenters. The Bertz CT molecular complexity index is 1050. The first-order valence-corrected chi connectivity index (χ1v) is 10.1. The van der Waals surface area contributed by atoms with Gasteiger partial charge in [0.25, 0.3) is 0 Å². The third-order valence-corrected chi connectivity index (χ3v) is 5.19. The van der Waals surface area contributed by atoms with Gasteiger partial charge in [-0.25, -0.2) is 4.98 Å². The van der Waals surface area contributed by atoms with E-state index in [9.17, 15) is 0 Å². The average Bonchev–Trinajstić information content (AvgIpc) is 3.25. The van der Waals surface area contributed by atoms with Crippen molar-refractivity contribution in [1.82, 2.24) is 10.3 Å². The summed E-state index contributed by atoms with van der Waals surface area (Å²) < 4.78 is 16.7. The van der Waals surface area contributed by atoms with Crippen molar-refractivity contribution in [2.24, 2.45) is 4.99 Å². The molecule has 0 atom stereocenters. The van der Waals surface area contributed by atoms with Gasteiger partial charge < -0.3 is 24.4 Å². The van der Waals surface area contributed by atoms with Crippen molar-refractivity contribution in [3.63, 3.8) is 0 Å². The zero-order valence-electron chi connectivity index (χ0n) is 18.4. The smallest absolute Gasteiger partial charge is 0.219 e. The van der Waals surface area contributed by atoms with Gasteiger partial charge in [-0.2, -0.15) is 0 Å². The van der Waals surface area contributed by atoms with Gasteiger partial charge in [-0.05, 0) is 35.7 Å². The third-order valence-electron chi connectivity index (χ3n) is 5.19. The lowest BCUT2D eigenvalue weighted by molar-refractivity contribution is 0.342. The number of halogens is 1. The molecule has 0 aliphatic carbocycles. The fourth-order valence-electron chi connectivity index (χ4n) is 3.63. The summed E-state index contributed by atoms with van der Waals surface area (Å²) in [6.07, 6.45) is 2.81. The number of benzene rings is 2. The van der Waals surface area contributed by atoms with Crippen LogP contribution in [-0.2, 0) is 13.0 Å². The first-order valence-electron chi connectivity index (χ1n) is 10.1. The van der Waals surface area contributed by atoms with Crippen molar-refractivity contribution in [3.8, 4) is 23.1 Å². The maximum atomic E-state index is 5.93. The van der Waals surface area contributed by atoms with Crippen LogP contribution in [0.1, 0.15) is 11.1 Å². The van der Waals surface area contributed by atoms with E-state index < -0.39 is 0 Å². The molecule has 1 N–H and O–H groups in total. The van der Waals surface area contributed by atoms with Crippen molar-refractivity contribution < 1.29 is 14.2 Å². The number of methoxy groups -OCH3 is 2. The minimum absolute atomic E-state index is 0. The number of nitrogens with one attached hydrogen (secondary N) is 1. The Morgan fingerprint density at radius 1 is 1.03 bits per heavy atom. The van der Waals surface area contributed by atoms with E-state index >= 15 is 0 Å². The quantitative estimate of drug-likeness (QED) is 0.276. The second-order valence-electron chi connectivity index (χ2n) is 7.03. The van der Waals surface area contributed by atoms with Crippen molar-refractivity contribution in [3.05, 3.63) is 71.9 Å². The second-order valence-corrected chi connectivity index (χ2v) is 7.03. The molecule has 0 amide bonds. The molecule has 0 radical (unpaired) electrons. The molecule has 32 heavy (non-hydrogen) atoms. The number of hydrogen-bond donors (Lipinski definition) is 1. The highest BCUT2D eigenvalue weighted by molar-refractivity contribution is 14.0. The minimum Gasteiger partial charge on any atom is -0.493 e. The molecule has 168 valence electrons. The fraction of sp³-hybridized carbons (Fsp3) is 0.250. The summed E-state index contributed by atoms with van der Waals surface area (Å²) >= 11 is 0. The summed E-state index contributed by atoms with van der Waals surface area (Å²) in [5, 5.41) is 3.43. The maximum absolute atomic E-state index is 5.93. The minimum atomic E-state index is 0.